The average Bonchev–Trinajstić information content (AvgIpc) is 1.68. The maximum atomic E-state index is 7.38. The van der Waals surface area contributed by atoms with E-state index < -0.39 is 0 Å². The molecule has 0 aliphatic rings. The van der Waals surface area contributed by atoms with Crippen LogP contribution in [0.1, 0.15) is 0 Å². The van der Waals surface area contributed by atoms with Crippen LogP contribution >= 0.6 is 11.3 Å². The standard InChI is InChI=1S/C45H29N3S.C34H20N4O.C34H22N2O/c1-3-13-30(14-4-1)32-17-9-20-35(27-32)43-46-44(36-21-10-18-33(28-36)31-15-5-2-6-16-31)48-45(47-43)37-22-11-19-34(29-37)38-24-12-25-40-39-23-7-8-26-41(39)49-42(38)40;1-35-27-16-18-31-29(21-27)28-20-25(15-17-30(28)39-31)24-13-8-14-26(19-24)34-37-32(22-9-4-2-5-10-22)36-33(38-34)23-11-6-3-7-12-23;1-3-10-24(11-4-1)30-22-31(36-34(35-30)26-12-5-2-6-13-26)25-20-18-23(19-21-25)27-15-9-16-29-28-14-7-8-17-32(28)37-33(27)29/h1-29H;2-21H;1-22H. The second-order valence-corrected chi connectivity index (χ2v) is 31.4. The van der Waals surface area contributed by atoms with Crippen LogP contribution in [0.5, 0.6) is 0 Å². The molecule has 23 rings (SSSR count). The van der Waals surface area contributed by atoms with Gasteiger partial charge in [-0.15, -0.1) is 11.3 Å². The molecule has 0 N–H and O–H groups in total. The fraction of sp³-hybridized carbons (Fsp3) is 0. The van der Waals surface area contributed by atoms with Gasteiger partial charge in [0.25, 0.3) is 0 Å². The first-order valence-corrected chi connectivity index (χ1v) is 42.1. The van der Waals surface area contributed by atoms with E-state index >= 15 is 0 Å². The van der Waals surface area contributed by atoms with Crippen LogP contribution in [-0.2, 0) is 0 Å². The Hall–Kier alpha value is -16.9. The van der Waals surface area contributed by atoms with Gasteiger partial charge in [0.1, 0.15) is 22.3 Å². The Morgan fingerprint density at radius 3 is 1.06 bits per heavy atom. The predicted octanol–water partition coefficient (Wildman–Crippen LogP) is 30.3. The molecule has 0 amide bonds. The monoisotopic (exact) mass is 1620 g/mol. The van der Waals surface area contributed by atoms with Crippen molar-refractivity contribution >= 4 is 81.1 Å². The van der Waals surface area contributed by atoms with Gasteiger partial charge in [0.15, 0.2) is 46.5 Å². The molecular formula is C113H71N9O2S. The Balaban J connectivity index is 0.000000116. The quantitative estimate of drug-likeness (QED) is 0.0969. The van der Waals surface area contributed by atoms with Crippen molar-refractivity contribution < 1.29 is 8.83 Å². The highest BCUT2D eigenvalue weighted by Gasteiger charge is 2.21. The van der Waals surface area contributed by atoms with Crippen molar-refractivity contribution in [3.8, 4) is 158 Å². The van der Waals surface area contributed by atoms with Crippen molar-refractivity contribution in [3.05, 3.63) is 442 Å². The Morgan fingerprint density at radius 2 is 0.536 bits per heavy atom. The summed E-state index contributed by atoms with van der Waals surface area (Å²) in [6.45, 7) is 7.38. The van der Waals surface area contributed by atoms with E-state index in [9.17, 15) is 0 Å². The Kier molecular flexibility index (Phi) is 20.4. The first-order chi connectivity index (χ1) is 61.8. The average molecular weight is 1620 g/mol. The minimum Gasteiger partial charge on any atom is -0.456 e. The zero-order valence-corrected chi connectivity index (χ0v) is 68.1. The van der Waals surface area contributed by atoms with Crippen LogP contribution in [0, 0.1) is 6.57 Å². The molecule has 6 heterocycles. The first-order valence-electron chi connectivity index (χ1n) is 41.3. The molecule has 11 nitrogen and oxygen atoms in total. The van der Waals surface area contributed by atoms with Gasteiger partial charge in [0.05, 0.1) is 18.0 Å². The smallest absolute Gasteiger partial charge is 0.188 e. The van der Waals surface area contributed by atoms with Crippen LogP contribution < -0.4 is 0 Å². The number of hydrogen-bond donors (Lipinski definition) is 0. The zero-order chi connectivity index (χ0) is 83.4. The molecule has 17 aromatic carbocycles. The molecule has 0 radical (unpaired) electrons. The molecule has 12 heteroatoms. The van der Waals surface area contributed by atoms with Crippen LogP contribution in [0.4, 0.5) is 5.69 Å². The summed E-state index contributed by atoms with van der Waals surface area (Å²) in [5.74, 6) is 4.51. The summed E-state index contributed by atoms with van der Waals surface area (Å²) < 4.78 is 14.9. The second-order valence-electron chi connectivity index (χ2n) is 30.3. The molecule has 0 saturated heterocycles. The largest absolute Gasteiger partial charge is 0.456 e. The number of thiophene rings is 1. The van der Waals surface area contributed by atoms with Gasteiger partial charge < -0.3 is 8.83 Å². The fourth-order valence-corrected chi connectivity index (χ4v) is 17.4. The van der Waals surface area contributed by atoms with Gasteiger partial charge in [-0.3, -0.25) is 0 Å². The summed E-state index contributed by atoms with van der Waals surface area (Å²) in [6, 6.07) is 147. The lowest BCUT2D eigenvalue weighted by Crippen LogP contribution is -2.00. The molecule has 0 aliphatic carbocycles. The number of para-hydroxylation sites is 2. The number of hydrogen-bond acceptors (Lipinski definition) is 11. The first kappa shape index (κ1) is 75.6. The number of rotatable bonds is 14. The number of furan rings is 2. The SMILES string of the molecule is [C-]#[N+]c1ccc2oc3ccc(-c4cccc(-c5nc(-c6ccccc6)nc(-c6ccccc6)n5)c4)cc3c2c1.c1ccc(-c2cc(-c3ccc(-c4cccc5c4oc4ccccc45)cc3)nc(-c3ccccc3)n2)cc1.c1ccc(-c2cccc(-c3nc(-c4cccc(-c5ccccc5)c4)nc(-c4cccc(-c5cccc6c5sc5ccccc56)c4)n3)c2)cc1. The highest BCUT2D eigenvalue weighted by molar-refractivity contribution is 7.26. The van der Waals surface area contributed by atoms with Gasteiger partial charge in [0, 0.05) is 97.4 Å². The lowest BCUT2D eigenvalue weighted by Gasteiger charge is -2.11. The van der Waals surface area contributed by atoms with Crippen LogP contribution in [0.3, 0.4) is 0 Å². The molecule has 23 aromatic rings. The molecule has 0 unspecified atom stereocenters. The van der Waals surface area contributed by atoms with Gasteiger partial charge >= 0.3 is 0 Å². The van der Waals surface area contributed by atoms with Gasteiger partial charge in [-0.1, -0.05) is 364 Å². The highest BCUT2D eigenvalue weighted by atomic mass is 32.1. The third kappa shape index (κ3) is 15.6. The number of benzene rings is 17. The number of nitrogens with zero attached hydrogens (tertiary/aromatic N) is 9. The summed E-state index contributed by atoms with van der Waals surface area (Å²) in [7, 11) is 0. The summed E-state index contributed by atoms with van der Waals surface area (Å²) in [4.78, 5) is 43.3. The molecule has 0 atom stereocenters. The molecule has 125 heavy (non-hydrogen) atoms. The predicted molar refractivity (Wildman–Crippen MR) is 511 cm³/mol. The second kappa shape index (κ2) is 33.7. The lowest BCUT2D eigenvalue weighted by atomic mass is 10.00. The van der Waals surface area contributed by atoms with E-state index in [0.29, 0.717) is 46.5 Å². The van der Waals surface area contributed by atoms with E-state index in [2.05, 4.69) is 260 Å². The highest BCUT2D eigenvalue weighted by Crippen LogP contribution is 2.44. The number of aromatic nitrogens is 8. The van der Waals surface area contributed by atoms with Crippen LogP contribution in [0.25, 0.3) is 227 Å². The Labute approximate surface area is 724 Å². The third-order valence-electron chi connectivity index (χ3n) is 22.4. The van der Waals surface area contributed by atoms with E-state index in [1.54, 1.807) is 6.07 Å². The van der Waals surface area contributed by atoms with Crippen molar-refractivity contribution in [3.63, 3.8) is 0 Å². The van der Waals surface area contributed by atoms with Gasteiger partial charge in [-0.05, 0) is 117 Å². The maximum Gasteiger partial charge on any atom is 0.188 e. The van der Waals surface area contributed by atoms with E-state index in [1.807, 2.05) is 181 Å². The summed E-state index contributed by atoms with van der Waals surface area (Å²) in [5.41, 5.74) is 25.6. The molecule has 6 aromatic heterocycles. The van der Waals surface area contributed by atoms with Crippen molar-refractivity contribution in [1.82, 2.24) is 39.9 Å². The fourth-order valence-electron chi connectivity index (χ4n) is 16.2. The summed E-state index contributed by atoms with van der Waals surface area (Å²) >= 11 is 1.84. The maximum absolute atomic E-state index is 7.38. The topological polar surface area (TPSA) is 134 Å². The van der Waals surface area contributed by atoms with Gasteiger partial charge in [0.2, 0.25) is 0 Å². The van der Waals surface area contributed by atoms with Crippen molar-refractivity contribution in [2.45, 2.75) is 0 Å². The molecule has 0 spiro atoms. The molecule has 586 valence electrons. The molecule has 0 fully saturated rings. The van der Waals surface area contributed by atoms with Crippen molar-refractivity contribution in [1.29, 1.82) is 0 Å². The van der Waals surface area contributed by atoms with Crippen molar-refractivity contribution in [2.75, 3.05) is 0 Å². The Morgan fingerprint density at radius 1 is 0.200 bits per heavy atom. The van der Waals surface area contributed by atoms with Crippen LogP contribution in [0.2, 0.25) is 0 Å². The minimum atomic E-state index is 0.593. The third-order valence-corrected chi connectivity index (χ3v) is 23.6. The Bertz CT molecular complexity index is 7760. The zero-order valence-electron chi connectivity index (χ0n) is 67.2. The van der Waals surface area contributed by atoms with Crippen LogP contribution in [-0.4, -0.2) is 39.9 Å². The molecule has 0 aliphatic heterocycles. The van der Waals surface area contributed by atoms with E-state index in [4.69, 9.17) is 55.3 Å². The molecular weight excluding hydrogens is 1550 g/mol. The summed E-state index contributed by atoms with van der Waals surface area (Å²) in [6.07, 6.45) is 0. The normalized spacial score (nSPS) is 11.2. The summed E-state index contributed by atoms with van der Waals surface area (Å²) in [5, 5.41) is 6.77. The van der Waals surface area contributed by atoms with Crippen molar-refractivity contribution in [2.24, 2.45) is 0 Å². The molecule has 0 saturated carbocycles. The lowest BCUT2D eigenvalue weighted by molar-refractivity contribution is 0.669. The molecule has 0 bridgehead atoms. The van der Waals surface area contributed by atoms with E-state index in [1.165, 1.54) is 25.7 Å². The van der Waals surface area contributed by atoms with Gasteiger partial charge in [-0.2, -0.15) is 0 Å². The van der Waals surface area contributed by atoms with E-state index in [0.717, 1.165) is 155 Å². The van der Waals surface area contributed by atoms with E-state index in [-0.39, 0.29) is 0 Å². The number of fused-ring (bicyclic) bond motifs is 9. The van der Waals surface area contributed by atoms with Crippen LogP contribution in [0.15, 0.2) is 440 Å². The minimum absolute atomic E-state index is 0.593. The van der Waals surface area contributed by atoms with Gasteiger partial charge in [-0.25, -0.2) is 44.7 Å².